The van der Waals surface area contributed by atoms with Crippen molar-refractivity contribution in [1.29, 1.82) is 0 Å². The minimum Gasteiger partial charge on any atom is -0.461 e. The summed E-state index contributed by atoms with van der Waals surface area (Å²) in [4.78, 5) is 10.6. The van der Waals surface area contributed by atoms with Crippen LogP contribution in [0, 0.1) is 6.92 Å². The maximum absolute atomic E-state index is 10.6. The predicted molar refractivity (Wildman–Crippen MR) is 52.0 cm³/mol. The van der Waals surface area contributed by atoms with E-state index in [-0.39, 0.29) is 12.6 Å². The van der Waals surface area contributed by atoms with Gasteiger partial charge in [0, 0.05) is 6.92 Å². The summed E-state index contributed by atoms with van der Waals surface area (Å²) in [7, 11) is 5.78. The number of carbonyl (C=O) groups excluding carboxylic acids is 1. The van der Waals surface area contributed by atoms with Crippen LogP contribution in [0.2, 0.25) is 0 Å². The van der Waals surface area contributed by atoms with E-state index in [0.29, 0.717) is 5.46 Å². The molecule has 0 aliphatic heterocycles. The summed E-state index contributed by atoms with van der Waals surface area (Å²) in [5.74, 6) is -0.291. The van der Waals surface area contributed by atoms with Crippen molar-refractivity contribution in [2.75, 3.05) is 0 Å². The van der Waals surface area contributed by atoms with Crippen LogP contribution in [0.4, 0.5) is 0 Å². The average molecular weight is 174 g/mol. The SMILES string of the molecule is [B]c1c(C)cccc1COC(C)=O. The summed E-state index contributed by atoms with van der Waals surface area (Å²) >= 11 is 0. The molecular weight excluding hydrogens is 163 g/mol. The Morgan fingerprint density at radius 2 is 2.23 bits per heavy atom. The Hall–Kier alpha value is -1.25. The highest BCUT2D eigenvalue weighted by Gasteiger charge is 2.01. The molecule has 0 bridgehead atoms. The van der Waals surface area contributed by atoms with Gasteiger partial charge >= 0.3 is 5.97 Å². The molecule has 0 fully saturated rings. The normalized spacial score (nSPS) is 9.69. The van der Waals surface area contributed by atoms with E-state index < -0.39 is 0 Å². The smallest absolute Gasteiger partial charge is 0.302 e. The fourth-order valence-electron chi connectivity index (χ4n) is 1.05. The number of rotatable bonds is 2. The molecule has 0 N–H and O–H groups in total. The fourth-order valence-corrected chi connectivity index (χ4v) is 1.05. The zero-order valence-electron chi connectivity index (χ0n) is 7.83. The highest BCUT2D eigenvalue weighted by molar-refractivity contribution is 6.34. The van der Waals surface area contributed by atoms with Gasteiger partial charge in [-0.05, 0) is 12.5 Å². The lowest BCUT2D eigenvalue weighted by Crippen LogP contribution is -2.15. The summed E-state index contributed by atoms with van der Waals surface area (Å²) in [5.41, 5.74) is 2.56. The minimum absolute atomic E-state index is 0.253. The maximum atomic E-state index is 10.6. The van der Waals surface area contributed by atoms with Gasteiger partial charge in [-0.15, -0.1) is 0 Å². The molecule has 0 spiro atoms. The number of hydrogen-bond donors (Lipinski definition) is 0. The quantitative estimate of drug-likeness (QED) is 0.490. The molecule has 0 atom stereocenters. The number of benzene rings is 1. The molecule has 13 heavy (non-hydrogen) atoms. The molecule has 1 aromatic rings. The van der Waals surface area contributed by atoms with E-state index in [0.717, 1.165) is 11.1 Å². The summed E-state index contributed by atoms with van der Waals surface area (Å²) in [6, 6.07) is 5.67. The number of hydrogen-bond acceptors (Lipinski definition) is 2. The molecule has 2 radical (unpaired) electrons. The molecule has 0 unspecified atom stereocenters. The fraction of sp³-hybridized carbons (Fsp3) is 0.300. The van der Waals surface area contributed by atoms with Gasteiger partial charge in [0.05, 0.1) is 0 Å². The molecule has 1 aromatic carbocycles. The highest BCUT2D eigenvalue weighted by atomic mass is 16.5. The summed E-state index contributed by atoms with van der Waals surface area (Å²) in [5, 5.41) is 0. The first-order chi connectivity index (χ1) is 6.11. The van der Waals surface area contributed by atoms with Crippen molar-refractivity contribution in [3.05, 3.63) is 29.3 Å². The molecule has 1 rings (SSSR count). The molecule has 0 aliphatic rings. The lowest BCUT2D eigenvalue weighted by molar-refractivity contribution is -0.142. The van der Waals surface area contributed by atoms with Crippen molar-refractivity contribution in [3.63, 3.8) is 0 Å². The maximum Gasteiger partial charge on any atom is 0.302 e. The molecule has 0 aromatic heterocycles. The highest BCUT2D eigenvalue weighted by Crippen LogP contribution is 2.01. The van der Waals surface area contributed by atoms with Crippen molar-refractivity contribution in [2.24, 2.45) is 0 Å². The van der Waals surface area contributed by atoms with E-state index in [1.807, 2.05) is 25.1 Å². The van der Waals surface area contributed by atoms with Crippen LogP contribution in [-0.4, -0.2) is 13.8 Å². The van der Waals surface area contributed by atoms with Gasteiger partial charge in [-0.3, -0.25) is 4.79 Å². The monoisotopic (exact) mass is 174 g/mol. The molecule has 66 valence electrons. The molecule has 0 heterocycles. The molecule has 0 amide bonds. The van der Waals surface area contributed by atoms with Gasteiger partial charge in [0.25, 0.3) is 0 Å². The zero-order chi connectivity index (χ0) is 9.84. The standard InChI is InChI=1S/C10H11BO2/c1-7-4-3-5-9(10(7)11)6-13-8(2)12/h3-5H,6H2,1-2H3. The lowest BCUT2D eigenvalue weighted by atomic mass is 9.87. The van der Waals surface area contributed by atoms with Gasteiger partial charge in [-0.1, -0.05) is 29.2 Å². The summed E-state index contributed by atoms with van der Waals surface area (Å²) in [6.07, 6.45) is 0. The van der Waals surface area contributed by atoms with E-state index in [1.54, 1.807) is 0 Å². The molecule has 0 saturated heterocycles. The number of aryl methyl sites for hydroxylation is 1. The Labute approximate surface area is 79.3 Å². The van der Waals surface area contributed by atoms with Crippen LogP contribution in [-0.2, 0) is 16.1 Å². The van der Waals surface area contributed by atoms with Crippen molar-refractivity contribution in [1.82, 2.24) is 0 Å². The zero-order valence-corrected chi connectivity index (χ0v) is 7.83. The molecule has 2 nitrogen and oxygen atoms in total. The second-order valence-electron chi connectivity index (χ2n) is 2.93. The Morgan fingerprint density at radius 3 is 2.85 bits per heavy atom. The predicted octanol–water partition coefficient (Wildman–Crippen LogP) is 0.852. The van der Waals surface area contributed by atoms with E-state index in [9.17, 15) is 4.79 Å². The van der Waals surface area contributed by atoms with Gasteiger partial charge < -0.3 is 4.74 Å². The van der Waals surface area contributed by atoms with Gasteiger partial charge in [-0.2, -0.15) is 0 Å². The van der Waals surface area contributed by atoms with E-state index >= 15 is 0 Å². The van der Waals surface area contributed by atoms with Crippen molar-refractivity contribution in [2.45, 2.75) is 20.5 Å². The summed E-state index contributed by atoms with van der Waals surface area (Å²) < 4.78 is 4.84. The first-order valence-electron chi connectivity index (χ1n) is 4.08. The number of ether oxygens (including phenoxy) is 1. The average Bonchev–Trinajstić information content (AvgIpc) is 2.07. The van der Waals surface area contributed by atoms with Crippen molar-refractivity contribution < 1.29 is 9.53 Å². The van der Waals surface area contributed by atoms with Crippen molar-refractivity contribution in [3.8, 4) is 0 Å². The number of carbonyl (C=O) groups is 1. The van der Waals surface area contributed by atoms with Crippen LogP contribution >= 0.6 is 0 Å². The summed E-state index contributed by atoms with van der Waals surface area (Å²) in [6.45, 7) is 3.56. The Kier molecular flexibility index (Phi) is 3.12. The van der Waals surface area contributed by atoms with Crippen molar-refractivity contribution >= 4 is 19.3 Å². The molecule has 0 saturated carbocycles. The van der Waals surface area contributed by atoms with Gasteiger partial charge in [0.2, 0.25) is 0 Å². The van der Waals surface area contributed by atoms with Gasteiger partial charge in [-0.25, -0.2) is 0 Å². The second-order valence-corrected chi connectivity index (χ2v) is 2.93. The van der Waals surface area contributed by atoms with E-state index in [1.165, 1.54) is 6.92 Å². The third-order valence-corrected chi connectivity index (χ3v) is 1.85. The number of esters is 1. The van der Waals surface area contributed by atoms with Crippen LogP contribution in [0.5, 0.6) is 0 Å². The van der Waals surface area contributed by atoms with Crippen LogP contribution < -0.4 is 5.46 Å². The third-order valence-electron chi connectivity index (χ3n) is 1.85. The molecule has 0 aliphatic carbocycles. The van der Waals surface area contributed by atoms with Crippen LogP contribution in [0.3, 0.4) is 0 Å². The van der Waals surface area contributed by atoms with Crippen LogP contribution in [0.25, 0.3) is 0 Å². The minimum atomic E-state index is -0.291. The van der Waals surface area contributed by atoms with Gasteiger partial charge in [0.15, 0.2) is 0 Å². The second kappa shape index (κ2) is 4.12. The molecule has 3 heteroatoms. The topological polar surface area (TPSA) is 26.3 Å². The van der Waals surface area contributed by atoms with Crippen LogP contribution in [0.1, 0.15) is 18.1 Å². The Morgan fingerprint density at radius 1 is 1.54 bits per heavy atom. The largest absolute Gasteiger partial charge is 0.461 e. The lowest BCUT2D eigenvalue weighted by Gasteiger charge is -2.08. The van der Waals surface area contributed by atoms with Crippen LogP contribution in [0.15, 0.2) is 18.2 Å². The molecular formula is C10H11BO2. The Balaban J connectivity index is 2.77. The first-order valence-corrected chi connectivity index (χ1v) is 4.08. The van der Waals surface area contributed by atoms with E-state index in [2.05, 4.69) is 0 Å². The van der Waals surface area contributed by atoms with Gasteiger partial charge in [0.1, 0.15) is 14.5 Å². The third kappa shape index (κ3) is 2.62. The Bertz CT molecular complexity index is 321. The van der Waals surface area contributed by atoms with E-state index in [4.69, 9.17) is 12.6 Å². The first kappa shape index (κ1) is 9.84.